The number of para-hydroxylation sites is 1. The van der Waals surface area contributed by atoms with E-state index in [1.165, 1.54) is 0 Å². The second-order valence-electron chi connectivity index (χ2n) is 4.50. The van der Waals surface area contributed by atoms with Gasteiger partial charge in [-0.25, -0.2) is 4.79 Å². The van der Waals surface area contributed by atoms with Crippen molar-refractivity contribution in [1.82, 2.24) is 5.32 Å². The Morgan fingerprint density at radius 2 is 2.26 bits per heavy atom. The van der Waals surface area contributed by atoms with Gasteiger partial charge in [0.05, 0.1) is 22.9 Å². The number of ether oxygens (including phenoxy) is 1. The molecule has 5 nitrogen and oxygen atoms in total. The zero-order chi connectivity index (χ0) is 13.8. The highest BCUT2D eigenvalue weighted by Crippen LogP contribution is 2.23. The van der Waals surface area contributed by atoms with Crippen LogP contribution in [-0.2, 0) is 4.74 Å². The Kier molecular flexibility index (Phi) is 4.63. The van der Waals surface area contributed by atoms with Gasteiger partial charge in [0.2, 0.25) is 0 Å². The van der Waals surface area contributed by atoms with Crippen LogP contribution in [0.25, 0.3) is 0 Å². The molecule has 1 aliphatic carbocycles. The monoisotopic (exact) mass is 283 g/mol. The lowest BCUT2D eigenvalue weighted by Crippen LogP contribution is -2.65. The molecule has 19 heavy (non-hydrogen) atoms. The van der Waals surface area contributed by atoms with Crippen LogP contribution in [0.5, 0.6) is 0 Å². The van der Waals surface area contributed by atoms with Crippen molar-refractivity contribution in [3.8, 4) is 0 Å². The average molecular weight is 284 g/mol. The minimum atomic E-state index is -0.321. The molecule has 1 aliphatic rings. The molecule has 104 valence electrons. The third kappa shape index (κ3) is 3.37. The fourth-order valence-corrected chi connectivity index (χ4v) is 2.28. The van der Waals surface area contributed by atoms with Gasteiger partial charge in [-0.1, -0.05) is 23.7 Å². The fourth-order valence-electron chi connectivity index (χ4n) is 2.10. The number of urea groups is 1. The number of halogens is 1. The summed E-state index contributed by atoms with van der Waals surface area (Å²) in [6, 6.07) is 6.53. The lowest BCUT2D eigenvalue weighted by molar-refractivity contribution is -0.0277. The summed E-state index contributed by atoms with van der Waals surface area (Å²) in [7, 11) is 0. The molecular formula is C13H18ClN3O2. The van der Waals surface area contributed by atoms with E-state index in [0.717, 1.165) is 6.42 Å². The van der Waals surface area contributed by atoms with Crippen LogP contribution in [0.4, 0.5) is 10.5 Å². The van der Waals surface area contributed by atoms with Crippen molar-refractivity contribution in [3.63, 3.8) is 0 Å². The van der Waals surface area contributed by atoms with Crippen molar-refractivity contribution in [2.45, 2.75) is 31.5 Å². The van der Waals surface area contributed by atoms with E-state index in [-0.39, 0.29) is 24.2 Å². The Labute approximate surface area is 117 Å². The molecule has 3 unspecified atom stereocenters. The number of rotatable bonds is 4. The number of nitrogens with two attached hydrogens (primary N) is 1. The van der Waals surface area contributed by atoms with Crippen molar-refractivity contribution in [3.05, 3.63) is 29.3 Å². The molecule has 1 aromatic carbocycles. The molecule has 3 atom stereocenters. The van der Waals surface area contributed by atoms with E-state index in [9.17, 15) is 4.79 Å². The molecule has 0 heterocycles. The quantitative estimate of drug-likeness (QED) is 0.791. The first-order valence-corrected chi connectivity index (χ1v) is 6.69. The number of benzene rings is 1. The summed E-state index contributed by atoms with van der Waals surface area (Å²) in [5.74, 6) is 0. The molecule has 4 N–H and O–H groups in total. The van der Waals surface area contributed by atoms with Gasteiger partial charge in [0.15, 0.2) is 0 Å². The van der Waals surface area contributed by atoms with Crippen LogP contribution in [0.2, 0.25) is 5.02 Å². The van der Waals surface area contributed by atoms with Crippen LogP contribution < -0.4 is 16.4 Å². The number of hydrogen-bond acceptors (Lipinski definition) is 3. The van der Waals surface area contributed by atoms with Gasteiger partial charge in [-0.3, -0.25) is 0 Å². The number of carbonyl (C=O) groups excluding carboxylic acids is 1. The Bertz CT molecular complexity index is 453. The van der Waals surface area contributed by atoms with E-state index in [1.807, 2.05) is 6.92 Å². The van der Waals surface area contributed by atoms with Gasteiger partial charge < -0.3 is 21.1 Å². The van der Waals surface area contributed by atoms with Crippen LogP contribution in [0.1, 0.15) is 13.3 Å². The summed E-state index contributed by atoms with van der Waals surface area (Å²) in [5, 5.41) is 6.01. The van der Waals surface area contributed by atoms with Gasteiger partial charge in [-0.2, -0.15) is 0 Å². The zero-order valence-corrected chi connectivity index (χ0v) is 11.5. The summed E-state index contributed by atoms with van der Waals surface area (Å²) in [6.45, 7) is 2.53. The van der Waals surface area contributed by atoms with Crippen molar-refractivity contribution in [2.75, 3.05) is 11.9 Å². The highest BCUT2D eigenvalue weighted by atomic mass is 35.5. The van der Waals surface area contributed by atoms with Gasteiger partial charge in [0.1, 0.15) is 0 Å². The minimum Gasteiger partial charge on any atom is -0.376 e. The maximum atomic E-state index is 11.9. The molecule has 0 aliphatic heterocycles. The van der Waals surface area contributed by atoms with Crippen molar-refractivity contribution >= 4 is 23.3 Å². The van der Waals surface area contributed by atoms with Crippen molar-refractivity contribution in [1.29, 1.82) is 0 Å². The summed E-state index contributed by atoms with van der Waals surface area (Å²) < 4.78 is 5.49. The van der Waals surface area contributed by atoms with Crippen molar-refractivity contribution in [2.24, 2.45) is 5.73 Å². The van der Waals surface area contributed by atoms with Crippen molar-refractivity contribution < 1.29 is 9.53 Å². The molecule has 6 heteroatoms. The highest BCUT2D eigenvalue weighted by Gasteiger charge is 2.40. The molecule has 2 rings (SSSR count). The number of carbonyl (C=O) groups is 1. The lowest BCUT2D eigenvalue weighted by Gasteiger charge is -2.42. The molecule has 1 fully saturated rings. The molecule has 2 amide bonds. The van der Waals surface area contributed by atoms with Crippen LogP contribution in [0.15, 0.2) is 24.3 Å². The van der Waals surface area contributed by atoms with Crippen LogP contribution in [0, 0.1) is 0 Å². The topological polar surface area (TPSA) is 76.4 Å². The van der Waals surface area contributed by atoms with Gasteiger partial charge in [-0.05, 0) is 25.5 Å². The van der Waals surface area contributed by atoms with E-state index in [4.69, 9.17) is 22.1 Å². The number of amides is 2. The molecule has 0 spiro atoms. The number of nitrogens with one attached hydrogen (secondary N) is 2. The van der Waals surface area contributed by atoms with E-state index in [2.05, 4.69) is 10.6 Å². The van der Waals surface area contributed by atoms with Gasteiger partial charge in [0.25, 0.3) is 0 Å². The Balaban J connectivity index is 1.89. The number of hydrogen-bond donors (Lipinski definition) is 3. The van der Waals surface area contributed by atoms with E-state index < -0.39 is 0 Å². The fraction of sp³-hybridized carbons (Fsp3) is 0.462. The summed E-state index contributed by atoms with van der Waals surface area (Å²) >= 11 is 5.97. The standard InChI is InChI=1S/C13H18ClN3O2/c1-2-19-11-7-9(15)12(11)17-13(18)16-10-6-4-3-5-8(10)14/h3-6,9,11-12H,2,7,15H2,1H3,(H2,16,17,18). The van der Waals surface area contributed by atoms with E-state index in [1.54, 1.807) is 24.3 Å². The molecule has 0 bridgehead atoms. The van der Waals surface area contributed by atoms with Crippen LogP contribution >= 0.6 is 11.6 Å². The third-order valence-corrected chi connectivity index (χ3v) is 3.50. The largest absolute Gasteiger partial charge is 0.376 e. The first kappa shape index (κ1) is 14.1. The predicted molar refractivity (Wildman–Crippen MR) is 75.4 cm³/mol. The highest BCUT2D eigenvalue weighted by molar-refractivity contribution is 6.33. The average Bonchev–Trinajstić information content (AvgIpc) is 2.39. The number of anilines is 1. The van der Waals surface area contributed by atoms with Gasteiger partial charge in [0, 0.05) is 12.6 Å². The molecular weight excluding hydrogens is 266 g/mol. The zero-order valence-electron chi connectivity index (χ0n) is 10.7. The van der Waals surface area contributed by atoms with Crippen LogP contribution in [-0.4, -0.2) is 30.8 Å². The SMILES string of the molecule is CCOC1CC(N)C1NC(=O)Nc1ccccc1Cl. The lowest BCUT2D eigenvalue weighted by atomic mass is 9.83. The minimum absolute atomic E-state index is 0.00278. The summed E-state index contributed by atoms with van der Waals surface area (Å²) in [5.41, 5.74) is 6.44. The smallest absolute Gasteiger partial charge is 0.319 e. The Morgan fingerprint density at radius 3 is 2.89 bits per heavy atom. The second-order valence-corrected chi connectivity index (χ2v) is 4.90. The van der Waals surface area contributed by atoms with E-state index in [0.29, 0.717) is 17.3 Å². The normalized spacial score (nSPS) is 25.5. The first-order valence-electron chi connectivity index (χ1n) is 6.31. The Hall–Kier alpha value is -1.30. The molecule has 0 aromatic heterocycles. The molecule has 0 radical (unpaired) electrons. The second kappa shape index (κ2) is 6.23. The molecule has 0 saturated heterocycles. The Morgan fingerprint density at radius 1 is 1.53 bits per heavy atom. The van der Waals surface area contributed by atoms with E-state index >= 15 is 0 Å². The first-order chi connectivity index (χ1) is 9.11. The molecule has 1 aromatic rings. The summed E-state index contributed by atoms with van der Waals surface area (Å²) in [6.07, 6.45) is 0.766. The maximum Gasteiger partial charge on any atom is 0.319 e. The molecule has 1 saturated carbocycles. The third-order valence-electron chi connectivity index (χ3n) is 3.17. The van der Waals surface area contributed by atoms with Gasteiger partial charge >= 0.3 is 6.03 Å². The summed E-state index contributed by atoms with van der Waals surface area (Å²) in [4.78, 5) is 11.9. The van der Waals surface area contributed by atoms with Crippen LogP contribution in [0.3, 0.4) is 0 Å². The maximum absolute atomic E-state index is 11.9. The van der Waals surface area contributed by atoms with Gasteiger partial charge in [-0.15, -0.1) is 0 Å². The predicted octanol–water partition coefficient (Wildman–Crippen LogP) is 1.97.